The highest BCUT2D eigenvalue weighted by Crippen LogP contribution is 2.27. The molecule has 2 aromatic carbocycles. The van der Waals surface area contributed by atoms with Crippen LogP contribution in [-0.4, -0.2) is 31.3 Å². The smallest absolute Gasteiger partial charge is 0.0681 e. The molecule has 1 N–H and O–H groups in total. The van der Waals surface area contributed by atoms with Gasteiger partial charge in [0.05, 0.1) is 17.3 Å². The molecule has 0 bridgehead atoms. The topological polar surface area (TPSA) is 26.7 Å². The summed E-state index contributed by atoms with van der Waals surface area (Å²) in [6.07, 6.45) is 0. The van der Waals surface area contributed by atoms with Gasteiger partial charge in [-0.05, 0) is 29.8 Å². The Labute approximate surface area is 130 Å². The molecule has 4 heteroatoms. The van der Waals surface area contributed by atoms with Crippen molar-refractivity contribution in [1.29, 1.82) is 0 Å². The van der Waals surface area contributed by atoms with Crippen molar-refractivity contribution in [2.45, 2.75) is 6.61 Å². The summed E-state index contributed by atoms with van der Waals surface area (Å²) >= 11 is 6.27. The Kier molecular flexibility index (Phi) is 4.32. The maximum atomic E-state index is 9.09. The monoisotopic (exact) mass is 302 g/mol. The molecule has 0 unspecified atom stereocenters. The van der Waals surface area contributed by atoms with Gasteiger partial charge >= 0.3 is 0 Å². The fraction of sp³-hybridized carbons (Fsp3) is 0.294. The summed E-state index contributed by atoms with van der Waals surface area (Å²) in [6.45, 7) is 3.98. The maximum Gasteiger partial charge on any atom is 0.0681 e. The van der Waals surface area contributed by atoms with E-state index in [4.69, 9.17) is 16.7 Å². The number of hydrogen-bond donors (Lipinski definition) is 1. The number of halogens is 1. The largest absolute Gasteiger partial charge is 0.392 e. The van der Waals surface area contributed by atoms with Gasteiger partial charge in [0.15, 0.2) is 0 Å². The van der Waals surface area contributed by atoms with Gasteiger partial charge in [0.25, 0.3) is 0 Å². The molecule has 2 aromatic rings. The summed E-state index contributed by atoms with van der Waals surface area (Å²) in [5.41, 5.74) is 3.29. The lowest BCUT2D eigenvalue weighted by molar-refractivity contribution is 0.282. The molecule has 0 aromatic heterocycles. The molecule has 1 heterocycles. The number of aliphatic hydroxyl groups excluding tert-OH is 1. The molecule has 1 aliphatic rings. The normalized spacial score (nSPS) is 15.3. The fourth-order valence-corrected chi connectivity index (χ4v) is 2.98. The first kappa shape index (κ1) is 14.2. The lowest BCUT2D eigenvalue weighted by Gasteiger charge is -2.37. The van der Waals surface area contributed by atoms with Crippen LogP contribution >= 0.6 is 11.6 Å². The zero-order valence-corrected chi connectivity index (χ0v) is 12.6. The molecule has 1 aliphatic heterocycles. The van der Waals surface area contributed by atoms with Gasteiger partial charge in [-0.15, -0.1) is 0 Å². The Morgan fingerprint density at radius 3 is 2.10 bits per heavy atom. The minimum atomic E-state index is 0.0978. The first-order valence-electron chi connectivity index (χ1n) is 7.22. The van der Waals surface area contributed by atoms with Crippen molar-refractivity contribution < 1.29 is 5.11 Å². The van der Waals surface area contributed by atoms with Crippen LogP contribution in [0.1, 0.15) is 5.56 Å². The van der Waals surface area contributed by atoms with Gasteiger partial charge in [-0.2, -0.15) is 0 Å². The molecule has 0 atom stereocenters. The Bertz CT molecular complexity index is 592. The molecule has 0 amide bonds. The number of aliphatic hydroxyl groups is 1. The van der Waals surface area contributed by atoms with Gasteiger partial charge in [0.1, 0.15) is 0 Å². The number of hydrogen-bond acceptors (Lipinski definition) is 3. The third kappa shape index (κ3) is 3.14. The molecular formula is C17H19ClN2O. The summed E-state index contributed by atoms with van der Waals surface area (Å²) in [5, 5.41) is 9.91. The highest BCUT2D eigenvalue weighted by molar-refractivity contribution is 6.33. The SMILES string of the molecule is OCc1ccc(N2CCN(c3ccccc3Cl)CC2)cc1. The average molecular weight is 303 g/mol. The summed E-state index contributed by atoms with van der Waals surface area (Å²) in [7, 11) is 0. The second kappa shape index (κ2) is 6.37. The van der Waals surface area contributed by atoms with E-state index in [1.54, 1.807) is 0 Å². The van der Waals surface area contributed by atoms with Crippen molar-refractivity contribution in [2.24, 2.45) is 0 Å². The van der Waals surface area contributed by atoms with Crippen LogP contribution in [0.5, 0.6) is 0 Å². The lowest BCUT2D eigenvalue weighted by Crippen LogP contribution is -2.46. The Morgan fingerprint density at radius 1 is 0.857 bits per heavy atom. The molecule has 0 saturated carbocycles. The Hall–Kier alpha value is -1.71. The molecule has 1 fully saturated rings. The van der Waals surface area contributed by atoms with E-state index < -0.39 is 0 Å². The van der Waals surface area contributed by atoms with E-state index in [-0.39, 0.29) is 6.61 Å². The zero-order valence-electron chi connectivity index (χ0n) is 11.9. The van der Waals surface area contributed by atoms with Crippen molar-refractivity contribution in [3.8, 4) is 0 Å². The van der Waals surface area contributed by atoms with Gasteiger partial charge in [-0.3, -0.25) is 0 Å². The van der Waals surface area contributed by atoms with Gasteiger partial charge in [-0.1, -0.05) is 35.9 Å². The van der Waals surface area contributed by atoms with E-state index in [1.165, 1.54) is 5.69 Å². The molecule has 0 aliphatic carbocycles. The predicted molar refractivity (Wildman–Crippen MR) is 88.2 cm³/mol. The second-order valence-electron chi connectivity index (χ2n) is 5.25. The van der Waals surface area contributed by atoms with Crippen LogP contribution in [0, 0.1) is 0 Å². The van der Waals surface area contributed by atoms with Crippen molar-refractivity contribution >= 4 is 23.0 Å². The minimum Gasteiger partial charge on any atom is -0.392 e. The van der Waals surface area contributed by atoms with E-state index in [9.17, 15) is 0 Å². The maximum absolute atomic E-state index is 9.09. The number of nitrogens with zero attached hydrogens (tertiary/aromatic N) is 2. The molecular weight excluding hydrogens is 284 g/mol. The number of anilines is 2. The van der Waals surface area contributed by atoms with E-state index in [0.717, 1.165) is 42.5 Å². The number of benzene rings is 2. The minimum absolute atomic E-state index is 0.0978. The van der Waals surface area contributed by atoms with Crippen molar-refractivity contribution in [3.05, 3.63) is 59.1 Å². The van der Waals surface area contributed by atoms with Gasteiger partial charge in [0, 0.05) is 31.9 Å². The quantitative estimate of drug-likeness (QED) is 0.943. The number of rotatable bonds is 3. The van der Waals surface area contributed by atoms with Crippen LogP contribution in [0.2, 0.25) is 5.02 Å². The molecule has 3 rings (SSSR count). The number of para-hydroxylation sites is 1. The zero-order chi connectivity index (χ0) is 14.7. The first-order chi connectivity index (χ1) is 10.3. The summed E-state index contributed by atoms with van der Waals surface area (Å²) < 4.78 is 0. The summed E-state index contributed by atoms with van der Waals surface area (Å²) in [4.78, 5) is 4.70. The molecule has 3 nitrogen and oxygen atoms in total. The molecule has 0 spiro atoms. The second-order valence-corrected chi connectivity index (χ2v) is 5.66. The van der Waals surface area contributed by atoms with Crippen LogP contribution in [0.4, 0.5) is 11.4 Å². The standard InChI is InChI=1S/C17H19ClN2O/c18-16-3-1-2-4-17(16)20-11-9-19(10-12-20)15-7-5-14(13-21)6-8-15/h1-8,21H,9-13H2. The van der Waals surface area contributed by atoms with Crippen LogP contribution in [0.3, 0.4) is 0 Å². The van der Waals surface area contributed by atoms with Crippen LogP contribution in [-0.2, 0) is 6.61 Å². The van der Waals surface area contributed by atoms with Crippen molar-refractivity contribution in [2.75, 3.05) is 36.0 Å². The summed E-state index contributed by atoms with van der Waals surface area (Å²) in [5.74, 6) is 0. The average Bonchev–Trinajstić information content (AvgIpc) is 2.56. The molecule has 1 saturated heterocycles. The van der Waals surface area contributed by atoms with E-state index in [0.29, 0.717) is 0 Å². The predicted octanol–water partition coefficient (Wildman–Crippen LogP) is 3.16. The van der Waals surface area contributed by atoms with Crippen molar-refractivity contribution in [3.63, 3.8) is 0 Å². The highest BCUT2D eigenvalue weighted by atomic mass is 35.5. The Morgan fingerprint density at radius 2 is 1.48 bits per heavy atom. The fourth-order valence-electron chi connectivity index (χ4n) is 2.73. The van der Waals surface area contributed by atoms with Crippen molar-refractivity contribution in [1.82, 2.24) is 0 Å². The van der Waals surface area contributed by atoms with Gasteiger partial charge in [-0.25, -0.2) is 0 Å². The van der Waals surface area contributed by atoms with Crippen LogP contribution in [0.25, 0.3) is 0 Å². The number of piperazine rings is 1. The molecule has 21 heavy (non-hydrogen) atoms. The van der Waals surface area contributed by atoms with E-state index in [2.05, 4.69) is 28.0 Å². The van der Waals surface area contributed by atoms with Crippen LogP contribution in [0.15, 0.2) is 48.5 Å². The third-order valence-electron chi connectivity index (χ3n) is 3.96. The third-order valence-corrected chi connectivity index (χ3v) is 4.28. The first-order valence-corrected chi connectivity index (χ1v) is 7.60. The highest BCUT2D eigenvalue weighted by Gasteiger charge is 2.18. The molecule has 0 radical (unpaired) electrons. The molecule has 110 valence electrons. The van der Waals surface area contributed by atoms with Gasteiger partial charge < -0.3 is 14.9 Å². The summed E-state index contributed by atoms with van der Waals surface area (Å²) in [6, 6.07) is 16.1. The van der Waals surface area contributed by atoms with E-state index in [1.807, 2.05) is 30.3 Å². The van der Waals surface area contributed by atoms with Crippen LogP contribution < -0.4 is 9.80 Å². The Balaban J connectivity index is 1.66. The van der Waals surface area contributed by atoms with Gasteiger partial charge in [0.2, 0.25) is 0 Å². The lowest BCUT2D eigenvalue weighted by atomic mass is 10.2. The van der Waals surface area contributed by atoms with E-state index >= 15 is 0 Å².